The second-order valence-corrected chi connectivity index (χ2v) is 1.63. The highest BCUT2D eigenvalue weighted by atomic mass is 15.0. The molecule has 46 valence electrons. The van der Waals surface area contributed by atoms with E-state index >= 15 is 0 Å². The molecule has 0 aromatic heterocycles. The summed E-state index contributed by atoms with van der Waals surface area (Å²) in [5.41, 5.74) is 0. The minimum absolute atomic E-state index is 2.00. The van der Waals surface area contributed by atoms with Crippen LogP contribution < -0.4 is 0 Å². The topological polar surface area (TPSA) is 3.24 Å². The number of hydrogen-bond acceptors (Lipinski definition) is 1. The van der Waals surface area contributed by atoms with Crippen LogP contribution in [0.25, 0.3) is 0 Å². The van der Waals surface area contributed by atoms with Crippen LogP contribution in [0.15, 0.2) is 24.6 Å². The summed E-state index contributed by atoms with van der Waals surface area (Å²) in [5.74, 6) is 0. The van der Waals surface area contributed by atoms with Crippen LogP contribution in [0, 0.1) is 0 Å². The second-order valence-electron chi connectivity index (χ2n) is 1.63. The molecule has 0 spiro atoms. The Hall–Kier alpha value is -0.720. The minimum Gasteiger partial charge on any atom is -0.358 e. The van der Waals surface area contributed by atoms with Gasteiger partial charge in [-0.25, -0.2) is 0 Å². The van der Waals surface area contributed by atoms with Crippen molar-refractivity contribution in [2.24, 2.45) is 0 Å². The molecular weight excluding hydrogens is 98.1 g/mol. The standard InChI is InChI=1S/C7H13N/c1-4-6-8(3)7-5-2/h4-7H,1-3H3/b6-4-,7-5-. The van der Waals surface area contributed by atoms with Gasteiger partial charge in [0.05, 0.1) is 0 Å². The zero-order valence-corrected chi connectivity index (χ0v) is 5.76. The van der Waals surface area contributed by atoms with Crippen LogP contribution in [0.3, 0.4) is 0 Å². The average Bonchev–Trinajstić information content (AvgIpc) is 1.68. The van der Waals surface area contributed by atoms with E-state index < -0.39 is 0 Å². The predicted molar refractivity (Wildman–Crippen MR) is 37.4 cm³/mol. The molecule has 0 aromatic carbocycles. The van der Waals surface area contributed by atoms with Gasteiger partial charge >= 0.3 is 0 Å². The van der Waals surface area contributed by atoms with Gasteiger partial charge < -0.3 is 4.90 Å². The molecule has 0 rings (SSSR count). The van der Waals surface area contributed by atoms with Gasteiger partial charge in [-0.1, -0.05) is 12.2 Å². The van der Waals surface area contributed by atoms with Crippen molar-refractivity contribution in [1.29, 1.82) is 0 Å². The Morgan fingerprint density at radius 2 is 1.38 bits per heavy atom. The third-order valence-electron chi connectivity index (χ3n) is 0.768. The Morgan fingerprint density at radius 3 is 1.62 bits per heavy atom. The molecule has 0 amide bonds. The number of hydrogen-bond donors (Lipinski definition) is 0. The van der Waals surface area contributed by atoms with E-state index in [-0.39, 0.29) is 0 Å². The summed E-state index contributed by atoms with van der Waals surface area (Å²) in [6.07, 6.45) is 8.00. The third kappa shape index (κ3) is 3.47. The first-order chi connectivity index (χ1) is 3.81. The van der Waals surface area contributed by atoms with Gasteiger partial charge in [-0.2, -0.15) is 0 Å². The lowest BCUT2D eigenvalue weighted by atomic mass is 10.6. The summed E-state index contributed by atoms with van der Waals surface area (Å²) in [5, 5.41) is 0. The van der Waals surface area contributed by atoms with Crippen molar-refractivity contribution in [2.45, 2.75) is 13.8 Å². The first-order valence-electron chi connectivity index (χ1n) is 2.78. The van der Waals surface area contributed by atoms with E-state index in [9.17, 15) is 0 Å². The highest BCUT2D eigenvalue weighted by Gasteiger charge is 1.73. The lowest BCUT2D eigenvalue weighted by molar-refractivity contribution is 0.624. The first-order valence-corrected chi connectivity index (χ1v) is 2.78. The Bertz CT molecular complexity index is 80.6. The van der Waals surface area contributed by atoms with Crippen molar-refractivity contribution < 1.29 is 0 Å². The molecule has 0 aliphatic heterocycles. The molecule has 0 saturated heterocycles. The minimum atomic E-state index is 2.00. The van der Waals surface area contributed by atoms with E-state index in [1.807, 2.05) is 50.3 Å². The summed E-state index contributed by atoms with van der Waals surface area (Å²) in [6.45, 7) is 4.00. The van der Waals surface area contributed by atoms with E-state index in [0.29, 0.717) is 0 Å². The maximum absolute atomic E-state index is 2.00. The fourth-order valence-corrected chi connectivity index (χ4v) is 0.520. The van der Waals surface area contributed by atoms with Gasteiger partial charge in [0.25, 0.3) is 0 Å². The van der Waals surface area contributed by atoms with E-state index in [2.05, 4.69) is 0 Å². The third-order valence-corrected chi connectivity index (χ3v) is 0.768. The van der Waals surface area contributed by atoms with Crippen molar-refractivity contribution in [3.8, 4) is 0 Å². The van der Waals surface area contributed by atoms with Crippen LogP contribution in [-0.2, 0) is 0 Å². The Morgan fingerprint density at radius 1 is 1.00 bits per heavy atom. The fraction of sp³-hybridized carbons (Fsp3) is 0.429. The molecule has 0 radical (unpaired) electrons. The predicted octanol–water partition coefficient (Wildman–Crippen LogP) is 1.99. The lowest BCUT2D eigenvalue weighted by Crippen LogP contribution is -1.97. The maximum atomic E-state index is 2.00. The molecule has 0 aliphatic rings. The molecule has 0 fully saturated rings. The number of nitrogens with zero attached hydrogens (tertiary/aromatic N) is 1. The van der Waals surface area contributed by atoms with Gasteiger partial charge in [0, 0.05) is 7.05 Å². The highest BCUT2D eigenvalue weighted by molar-refractivity contribution is 4.85. The second kappa shape index (κ2) is 4.44. The molecular formula is C7H13N. The summed E-state index contributed by atoms with van der Waals surface area (Å²) < 4.78 is 0. The average molecular weight is 111 g/mol. The largest absolute Gasteiger partial charge is 0.358 e. The SMILES string of the molecule is C/C=C\N(C)/C=C\C. The van der Waals surface area contributed by atoms with E-state index in [1.54, 1.807) is 0 Å². The quantitative estimate of drug-likeness (QED) is 0.526. The Labute approximate surface area is 51.3 Å². The molecule has 0 heterocycles. The van der Waals surface area contributed by atoms with Crippen LogP contribution in [0.2, 0.25) is 0 Å². The van der Waals surface area contributed by atoms with Crippen LogP contribution in [-0.4, -0.2) is 11.9 Å². The van der Waals surface area contributed by atoms with Gasteiger partial charge in [0.2, 0.25) is 0 Å². The fourth-order valence-electron chi connectivity index (χ4n) is 0.520. The first kappa shape index (κ1) is 7.28. The van der Waals surface area contributed by atoms with E-state index in [0.717, 1.165) is 0 Å². The molecule has 1 nitrogen and oxygen atoms in total. The van der Waals surface area contributed by atoms with E-state index in [1.165, 1.54) is 0 Å². The lowest BCUT2D eigenvalue weighted by Gasteiger charge is -2.03. The number of rotatable bonds is 2. The maximum Gasteiger partial charge on any atom is 0.0106 e. The highest BCUT2D eigenvalue weighted by Crippen LogP contribution is 1.83. The molecule has 0 unspecified atom stereocenters. The molecule has 0 aromatic rings. The molecule has 1 heteroatoms. The Kier molecular flexibility index (Phi) is 4.04. The van der Waals surface area contributed by atoms with Gasteiger partial charge in [0.1, 0.15) is 0 Å². The smallest absolute Gasteiger partial charge is 0.0106 e. The molecule has 8 heavy (non-hydrogen) atoms. The summed E-state index contributed by atoms with van der Waals surface area (Å²) in [4.78, 5) is 2.00. The molecule has 0 bridgehead atoms. The van der Waals surface area contributed by atoms with Crippen molar-refractivity contribution in [1.82, 2.24) is 4.90 Å². The summed E-state index contributed by atoms with van der Waals surface area (Å²) in [6, 6.07) is 0. The van der Waals surface area contributed by atoms with Crippen molar-refractivity contribution in [3.63, 3.8) is 0 Å². The molecule has 0 N–H and O–H groups in total. The molecule has 0 saturated carbocycles. The van der Waals surface area contributed by atoms with Crippen LogP contribution in [0.1, 0.15) is 13.8 Å². The van der Waals surface area contributed by atoms with Crippen molar-refractivity contribution in [3.05, 3.63) is 24.6 Å². The molecule has 0 atom stereocenters. The number of allylic oxidation sites excluding steroid dienone is 2. The van der Waals surface area contributed by atoms with Crippen molar-refractivity contribution >= 4 is 0 Å². The molecule has 0 aliphatic carbocycles. The zero-order valence-electron chi connectivity index (χ0n) is 5.76. The van der Waals surface area contributed by atoms with Gasteiger partial charge in [0.15, 0.2) is 0 Å². The Balaban J connectivity index is 3.47. The summed E-state index contributed by atoms with van der Waals surface area (Å²) >= 11 is 0. The zero-order chi connectivity index (χ0) is 6.41. The van der Waals surface area contributed by atoms with Gasteiger partial charge in [-0.3, -0.25) is 0 Å². The van der Waals surface area contributed by atoms with Crippen LogP contribution in [0.5, 0.6) is 0 Å². The summed E-state index contributed by atoms with van der Waals surface area (Å²) in [7, 11) is 2.00. The van der Waals surface area contributed by atoms with Gasteiger partial charge in [-0.15, -0.1) is 0 Å². The van der Waals surface area contributed by atoms with Gasteiger partial charge in [-0.05, 0) is 26.2 Å². The van der Waals surface area contributed by atoms with Crippen LogP contribution >= 0.6 is 0 Å². The van der Waals surface area contributed by atoms with Crippen LogP contribution in [0.4, 0.5) is 0 Å². The van der Waals surface area contributed by atoms with Crippen molar-refractivity contribution in [2.75, 3.05) is 7.05 Å². The monoisotopic (exact) mass is 111 g/mol. The van der Waals surface area contributed by atoms with E-state index in [4.69, 9.17) is 0 Å². The normalized spacial score (nSPS) is 11.4.